The average molecular weight is 422 g/mol. The molecular weight excluding hydrogens is 395 g/mol. The van der Waals surface area contributed by atoms with Crippen LogP contribution in [0.5, 0.6) is 0 Å². The molecule has 10 nitrogen and oxygen atoms in total. The fraction of sp³-hybridized carbons (Fsp3) is 0.579. The number of amides is 2. The number of carbonyl (C=O) groups excluding carboxylic acids is 2. The number of carbonyl (C=O) groups is 2. The SMILES string of the molecule is COCc1cc(C(=O)Nc2cc([C@@H]3CC[C@H](OC(=O)NC(C)C)[C@H]3F)[nH]n2)n(C)n1. The summed E-state index contributed by atoms with van der Waals surface area (Å²) < 4.78 is 26.5. The monoisotopic (exact) mass is 422 g/mol. The number of anilines is 1. The molecule has 0 bridgehead atoms. The Balaban J connectivity index is 1.61. The summed E-state index contributed by atoms with van der Waals surface area (Å²) in [5.41, 5.74) is 1.52. The predicted octanol–water partition coefficient (Wildman–Crippen LogP) is 2.26. The number of rotatable bonds is 7. The van der Waals surface area contributed by atoms with Gasteiger partial charge in [-0.15, -0.1) is 0 Å². The molecule has 0 radical (unpaired) electrons. The fourth-order valence-corrected chi connectivity index (χ4v) is 3.51. The van der Waals surface area contributed by atoms with Crippen LogP contribution in [0.3, 0.4) is 0 Å². The molecule has 1 fully saturated rings. The lowest BCUT2D eigenvalue weighted by Crippen LogP contribution is -2.36. The average Bonchev–Trinajstić information content (AvgIpc) is 3.35. The van der Waals surface area contributed by atoms with Gasteiger partial charge in [0.2, 0.25) is 0 Å². The number of methoxy groups -OCH3 is 1. The number of hydrogen-bond donors (Lipinski definition) is 3. The molecule has 0 unspecified atom stereocenters. The number of ether oxygens (including phenoxy) is 2. The van der Waals surface area contributed by atoms with E-state index in [9.17, 15) is 14.0 Å². The second-order valence-electron chi connectivity index (χ2n) is 7.61. The van der Waals surface area contributed by atoms with Crippen LogP contribution in [0.2, 0.25) is 0 Å². The molecule has 1 aliphatic rings. The highest BCUT2D eigenvalue weighted by Crippen LogP contribution is 2.38. The summed E-state index contributed by atoms with van der Waals surface area (Å²) in [5, 5.41) is 16.3. The number of alkyl carbamates (subject to hydrolysis) is 1. The zero-order valence-electron chi connectivity index (χ0n) is 17.4. The van der Waals surface area contributed by atoms with Gasteiger partial charge in [-0.1, -0.05) is 0 Å². The molecule has 0 saturated heterocycles. The van der Waals surface area contributed by atoms with E-state index in [1.807, 2.05) is 0 Å². The van der Waals surface area contributed by atoms with Crippen molar-refractivity contribution in [2.45, 2.75) is 57.5 Å². The molecule has 3 rings (SSSR count). The lowest BCUT2D eigenvalue weighted by Gasteiger charge is -2.18. The van der Waals surface area contributed by atoms with Crippen LogP contribution in [0.25, 0.3) is 0 Å². The first-order valence-electron chi connectivity index (χ1n) is 9.78. The third kappa shape index (κ3) is 4.96. The van der Waals surface area contributed by atoms with Crippen LogP contribution in [0, 0.1) is 0 Å². The van der Waals surface area contributed by atoms with E-state index in [2.05, 4.69) is 25.9 Å². The second-order valence-corrected chi connectivity index (χ2v) is 7.61. The second kappa shape index (κ2) is 9.24. The van der Waals surface area contributed by atoms with E-state index in [1.165, 1.54) is 4.68 Å². The highest BCUT2D eigenvalue weighted by Gasteiger charge is 2.41. The van der Waals surface area contributed by atoms with Crippen LogP contribution in [-0.2, 0) is 23.1 Å². The lowest BCUT2D eigenvalue weighted by molar-refractivity contribution is 0.0555. The summed E-state index contributed by atoms with van der Waals surface area (Å²) in [6.07, 6.45) is -1.89. The first kappa shape index (κ1) is 21.8. The summed E-state index contributed by atoms with van der Waals surface area (Å²) in [6, 6.07) is 3.14. The molecule has 164 valence electrons. The molecule has 1 aliphatic carbocycles. The van der Waals surface area contributed by atoms with Gasteiger partial charge >= 0.3 is 6.09 Å². The van der Waals surface area contributed by atoms with Gasteiger partial charge in [0.15, 0.2) is 5.82 Å². The third-order valence-electron chi connectivity index (χ3n) is 4.86. The van der Waals surface area contributed by atoms with Crippen molar-refractivity contribution in [2.24, 2.45) is 7.05 Å². The highest BCUT2D eigenvalue weighted by molar-refractivity contribution is 6.02. The van der Waals surface area contributed by atoms with Crippen molar-refractivity contribution in [2.75, 3.05) is 12.4 Å². The van der Waals surface area contributed by atoms with Gasteiger partial charge in [-0.25, -0.2) is 9.18 Å². The van der Waals surface area contributed by atoms with Crippen molar-refractivity contribution in [1.82, 2.24) is 25.3 Å². The number of aromatic amines is 1. The number of aromatic nitrogens is 4. The summed E-state index contributed by atoms with van der Waals surface area (Å²) in [4.78, 5) is 24.2. The third-order valence-corrected chi connectivity index (χ3v) is 4.86. The van der Waals surface area contributed by atoms with Gasteiger partial charge in [-0.05, 0) is 32.8 Å². The molecule has 0 aliphatic heterocycles. The molecular formula is C19H27FN6O4. The molecule has 3 N–H and O–H groups in total. The molecule has 0 spiro atoms. The van der Waals surface area contributed by atoms with Gasteiger partial charge in [0.1, 0.15) is 18.0 Å². The maximum absolute atomic E-state index is 14.8. The van der Waals surface area contributed by atoms with Crippen LogP contribution in [-0.4, -0.2) is 57.4 Å². The van der Waals surface area contributed by atoms with Crippen LogP contribution in [0.1, 0.15) is 54.5 Å². The Morgan fingerprint density at radius 3 is 2.83 bits per heavy atom. The Bertz CT molecular complexity index is 895. The van der Waals surface area contributed by atoms with Gasteiger partial charge in [-0.3, -0.25) is 14.6 Å². The molecule has 3 atom stereocenters. The molecule has 2 amide bonds. The summed E-state index contributed by atoms with van der Waals surface area (Å²) in [6.45, 7) is 3.90. The summed E-state index contributed by atoms with van der Waals surface area (Å²) in [5.74, 6) is -0.608. The normalized spacial score (nSPS) is 21.1. The van der Waals surface area contributed by atoms with E-state index in [-0.39, 0.29) is 17.8 Å². The van der Waals surface area contributed by atoms with Crippen molar-refractivity contribution in [3.63, 3.8) is 0 Å². The zero-order valence-corrected chi connectivity index (χ0v) is 17.4. The molecule has 2 aromatic rings. The lowest BCUT2D eigenvalue weighted by atomic mass is 10.0. The summed E-state index contributed by atoms with van der Waals surface area (Å²) >= 11 is 0. The summed E-state index contributed by atoms with van der Waals surface area (Å²) in [7, 11) is 3.21. The first-order chi connectivity index (χ1) is 14.3. The van der Waals surface area contributed by atoms with E-state index in [0.29, 0.717) is 36.5 Å². The van der Waals surface area contributed by atoms with Crippen LogP contribution in [0.4, 0.5) is 15.0 Å². The zero-order chi connectivity index (χ0) is 21.8. The number of hydrogen-bond acceptors (Lipinski definition) is 6. The van der Waals surface area contributed by atoms with E-state index < -0.39 is 24.3 Å². The van der Waals surface area contributed by atoms with Gasteiger partial charge in [0.25, 0.3) is 5.91 Å². The number of nitrogens with one attached hydrogen (secondary N) is 3. The number of nitrogens with zero attached hydrogens (tertiary/aromatic N) is 3. The standard InChI is InChI=1S/C19H27FN6O4/c1-10(2)21-19(28)30-15-6-5-12(17(15)20)13-8-16(24-23-13)22-18(27)14-7-11(9-29-4)25-26(14)3/h7-8,10,12,15,17H,5-6,9H2,1-4H3,(H,21,28)(H2,22,23,24,27)/t12-,15-,17-/m0/s1. The Morgan fingerprint density at radius 2 is 2.13 bits per heavy atom. The van der Waals surface area contributed by atoms with Crippen LogP contribution in [0.15, 0.2) is 12.1 Å². The van der Waals surface area contributed by atoms with Crippen molar-refractivity contribution >= 4 is 17.8 Å². The van der Waals surface area contributed by atoms with Crippen molar-refractivity contribution in [3.8, 4) is 0 Å². The molecule has 30 heavy (non-hydrogen) atoms. The molecule has 1 saturated carbocycles. The largest absolute Gasteiger partial charge is 0.443 e. The quantitative estimate of drug-likeness (QED) is 0.629. The topological polar surface area (TPSA) is 123 Å². The smallest absolute Gasteiger partial charge is 0.407 e. The molecule has 2 aromatic heterocycles. The number of halogens is 1. The van der Waals surface area contributed by atoms with E-state index in [0.717, 1.165) is 0 Å². The van der Waals surface area contributed by atoms with Gasteiger partial charge in [0, 0.05) is 37.9 Å². The van der Waals surface area contributed by atoms with Crippen LogP contribution < -0.4 is 10.6 Å². The molecule has 0 aromatic carbocycles. The minimum absolute atomic E-state index is 0.0865. The Labute approximate surface area is 173 Å². The number of H-pyrrole nitrogens is 1. The van der Waals surface area contributed by atoms with Crippen molar-refractivity contribution in [1.29, 1.82) is 0 Å². The predicted molar refractivity (Wildman–Crippen MR) is 106 cm³/mol. The minimum Gasteiger partial charge on any atom is -0.443 e. The maximum atomic E-state index is 14.8. The highest BCUT2D eigenvalue weighted by atomic mass is 19.1. The first-order valence-corrected chi connectivity index (χ1v) is 9.78. The number of alkyl halides is 1. The Hall–Kier alpha value is -2.95. The van der Waals surface area contributed by atoms with Crippen LogP contribution >= 0.6 is 0 Å². The van der Waals surface area contributed by atoms with Gasteiger partial charge in [0.05, 0.1) is 12.3 Å². The fourth-order valence-electron chi connectivity index (χ4n) is 3.51. The van der Waals surface area contributed by atoms with Gasteiger partial charge in [-0.2, -0.15) is 10.2 Å². The Kier molecular flexibility index (Phi) is 6.70. The maximum Gasteiger partial charge on any atom is 0.407 e. The van der Waals surface area contributed by atoms with Gasteiger partial charge < -0.3 is 20.1 Å². The van der Waals surface area contributed by atoms with E-state index in [4.69, 9.17) is 9.47 Å². The van der Waals surface area contributed by atoms with E-state index >= 15 is 0 Å². The van der Waals surface area contributed by atoms with Crippen molar-refractivity contribution < 1.29 is 23.5 Å². The Morgan fingerprint density at radius 1 is 1.37 bits per heavy atom. The molecule has 11 heteroatoms. The minimum atomic E-state index is -1.36. The number of aryl methyl sites for hydroxylation is 1. The van der Waals surface area contributed by atoms with Crippen molar-refractivity contribution in [3.05, 3.63) is 29.2 Å². The molecule has 2 heterocycles. The van der Waals surface area contributed by atoms with E-state index in [1.54, 1.807) is 40.1 Å².